The molecule has 0 bridgehead atoms. The van der Waals surface area contributed by atoms with E-state index in [4.69, 9.17) is 5.11 Å². The van der Waals surface area contributed by atoms with Crippen molar-refractivity contribution < 1.29 is 15.0 Å². The number of carbonyl (C=O) groups is 1. The summed E-state index contributed by atoms with van der Waals surface area (Å²) in [5.74, 6) is -0.963. The molecule has 1 aromatic heterocycles. The number of aromatic carboxylic acids is 1. The fourth-order valence-electron chi connectivity index (χ4n) is 1.44. The second-order valence-electron chi connectivity index (χ2n) is 3.06. The van der Waals surface area contributed by atoms with Crippen LogP contribution >= 0.6 is 11.3 Å². The number of benzene rings is 1. The number of fused-ring (bicyclic) bond motifs is 1. The molecular weight excluding hydrogens is 200 g/mol. The van der Waals surface area contributed by atoms with Gasteiger partial charge in [0.2, 0.25) is 0 Å². The van der Waals surface area contributed by atoms with Crippen LogP contribution in [-0.4, -0.2) is 16.2 Å². The fourth-order valence-corrected chi connectivity index (χ4v) is 2.38. The lowest BCUT2D eigenvalue weighted by Gasteiger charge is -2.00. The van der Waals surface area contributed by atoms with Crippen LogP contribution in [0.5, 0.6) is 5.75 Å². The van der Waals surface area contributed by atoms with Gasteiger partial charge < -0.3 is 10.2 Å². The van der Waals surface area contributed by atoms with Crippen LogP contribution in [0, 0.1) is 6.92 Å². The summed E-state index contributed by atoms with van der Waals surface area (Å²) in [6.45, 7) is 1.89. The highest BCUT2D eigenvalue weighted by atomic mass is 32.1. The number of carboxylic acid groups (broad SMARTS) is 1. The van der Waals surface area contributed by atoms with Crippen molar-refractivity contribution in [2.24, 2.45) is 0 Å². The van der Waals surface area contributed by atoms with Crippen molar-refractivity contribution in [2.45, 2.75) is 6.92 Å². The monoisotopic (exact) mass is 208 g/mol. The second kappa shape index (κ2) is 2.99. The molecule has 0 aliphatic heterocycles. The van der Waals surface area contributed by atoms with Crippen molar-refractivity contribution in [3.63, 3.8) is 0 Å². The van der Waals surface area contributed by atoms with Crippen LogP contribution in [0.2, 0.25) is 0 Å². The minimum absolute atomic E-state index is 0.0473. The third-order valence-electron chi connectivity index (χ3n) is 2.13. The molecule has 3 nitrogen and oxygen atoms in total. The second-order valence-corrected chi connectivity index (χ2v) is 3.94. The van der Waals surface area contributed by atoms with Gasteiger partial charge in [-0.05, 0) is 18.6 Å². The first-order chi connectivity index (χ1) is 6.61. The van der Waals surface area contributed by atoms with Crippen molar-refractivity contribution in [3.05, 3.63) is 28.6 Å². The van der Waals surface area contributed by atoms with Crippen LogP contribution in [-0.2, 0) is 0 Å². The molecule has 2 N–H and O–H groups in total. The minimum atomic E-state index is -1.01. The van der Waals surface area contributed by atoms with E-state index < -0.39 is 5.97 Å². The minimum Gasteiger partial charge on any atom is -0.506 e. The first kappa shape index (κ1) is 9.02. The number of thiophene rings is 1. The zero-order valence-electron chi connectivity index (χ0n) is 7.44. The summed E-state index contributed by atoms with van der Waals surface area (Å²) in [6.07, 6.45) is 0. The van der Waals surface area contributed by atoms with E-state index in [0.717, 1.165) is 10.3 Å². The quantitative estimate of drug-likeness (QED) is 0.757. The topological polar surface area (TPSA) is 57.5 Å². The maximum Gasteiger partial charge on any atom is 0.336 e. The molecule has 14 heavy (non-hydrogen) atoms. The fraction of sp³-hybridized carbons (Fsp3) is 0.100. The standard InChI is InChI=1S/C10H8O3S/c1-5-2-3-6(10(12)13)8-7(11)4-14-9(5)8/h2-4,11H,1H3,(H,12,13). The summed E-state index contributed by atoms with van der Waals surface area (Å²) in [7, 11) is 0. The number of hydrogen-bond donors (Lipinski definition) is 2. The first-order valence-electron chi connectivity index (χ1n) is 4.04. The van der Waals surface area contributed by atoms with Gasteiger partial charge in [0.05, 0.1) is 5.56 Å². The molecule has 0 amide bonds. The van der Waals surface area contributed by atoms with E-state index in [1.54, 1.807) is 11.4 Å². The molecule has 0 aliphatic rings. The van der Waals surface area contributed by atoms with Crippen LogP contribution < -0.4 is 0 Å². The summed E-state index contributed by atoms with van der Waals surface area (Å²) in [4.78, 5) is 10.9. The highest BCUT2D eigenvalue weighted by molar-refractivity contribution is 7.17. The Hall–Kier alpha value is -1.55. The Morgan fingerprint density at radius 1 is 1.43 bits per heavy atom. The van der Waals surface area contributed by atoms with Gasteiger partial charge in [0.15, 0.2) is 0 Å². The molecule has 0 fully saturated rings. The summed E-state index contributed by atoms with van der Waals surface area (Å²) in [5.41, 5.74) is 1.14. The number of aryl methyl sites for hydroxylation is 1. The van der Waals surface area contributed by atoms with E-state index in [0.29, 0.717) is 5.39 Å². The van der Waals surface area contributed by atoms with Gasteiger partial charge in [-0.2, -0.15) is 0 Å². The Morgan fingerprint density at radius 2 is 2.14 bits per heavy atom. The van der Waals surface area contributed by atoms with E-state index in [2.05, 4.69) is 0 Å². The highest BCUT2D eigenvalue weighted by Crippen LogP contribution is 2.35. The molecule has 1 heterocycles. The molecule has 2 aromatic rings. The Balaban J connectivity index is 2.92. The highest BCUT2D eigenvalue weighted by Gasteiger charge is 2.14. The third kappa shape index (κ3) is 1.15. The van der Waals surface area contributed by atoms with Crippen LogP contribution in [0.3, 0.4) is 0 Å². The van der Waals surface area contributed by atoms with Crippen molar-refractivity contribution in [2.75, 3.05) is 0 Å². The van der Waals surface area contributed by atoms with E-state index in [9.17, 15) is 9.90 Å². The van der Waals surface area contributed by atoms with Gasteiger partial charge in [0, 0.05) is 15.5 Å². The van der Waals surface area contributed by atoms with Gasteiger partial charge in [0.1, 0.15) is 5.75 Å². The van der Waals surface area contributed by atoms with E-state index >= 15 is 0 Å². The average Bonchev–Trinajstić information content (AvgIpc) is 2.50. The Bertz CT molecular complexity index is 513. The molecule has 0 radical (unpaired) electrons. The number of rotatable bonds is 1. The molecule has 2 rings (SSSR count). The molecule has 72 valence electrons. The van der Waals surface area contributed by atoms with Crippen molar-refractivity contribution in [1.82, 2.24) is 0 Å². The van der Waals surface area contributed by atoms with Crippen molar-refractivity contribution in [1.29, 1.82) is 0 Å². The van der Waals surface area contributed by atoms with Gasteiger partial charge in [0.25, 0.3) is 0 Å². The van der Waals surface area contributed by atoms with Gasteiger partial charge in [-0.3, -0.25) is 0 Å². The average molecular weight is 208 g/mol. The number of aromatic hydroxyl groups is 1. The van der Waals surface area contributed by atoms with Crippen LogP contribution in [0.4, 0.5) is 0 Å². The summed E-state index contributed by atoms with van der Waals surface area (Å²) in [5, 5.41) is 20.4. The molecule has 0 spiro atoms. The maximum absolute atomic E-state index is 10.9. The van der Waals surface area contributed by atoms with Gasteiger partial charge in [-0.15, -0.1) is 11.3 Å². The van der Waals surface area contributed by atoms with Crippen molar-refractivity contribution in [3.8, 4) is 5.75 Å². The summed E-state index contributed by atoms with van der Waals surface area (Å²) in [6, 6.07) is 3.27. The molecule has 0 atom stereocenters. The van der Waals surface area contributed by atoms with E-state index in [1.807, 2.05) is 6.92 Å². The Labute approximate surface area is 84.2 Å². The van der Waals surface area contributed by atoms with Crippen LogP contribution in [0.25, 0.3) is 10.1 Å². The summed E-state index contributed by atoms with van der Waals surface area (Å²) < 4.78 is 0.836. The summed E-state index contributed by atoms with van der Waals surface area (Å²) >= 11 is 1.36. The lowest BCUT2D eigenvalue weighted by Crippen LogP contribution is -1.96. The smallest absolute Gasteiger partial charge is 0.336 e. The van der Waals surface area contributed by atoms with Crippen molar-refractivity contribution >= 4 is 27.4 Å². The molecule has 4 heteroatoms. The largest absolute Gasteiger partial charge is 0.506 e. The molecule has 0 saturated heterocycles. The lowest BCUT2D eigenvalue weighted by atomic mass is 10.1. The van der Waals surface area contributed by atoms with E-state index in [1.165, 1.54) is 17.4 Å². The Kier molecular flexibility index (Phi) is 1.93. The van der Waals surface area contributed by atoms with Crippen LogP contribution in [0.1, 0.15) is 15.9 Å². The lowest BCUT2D eigenvalue weighted by molar-refractivity contribution is 0.0699. The number of hydrogen-bond acceptors (Lipinski definition) is 3. The molecule has 0 aliphatic carbocycles. The SMILES string of the molecule is Cc1ccc(C(=O)O)c2c(O)csc12. The normalized spacial score (nSPS) is 10.6. The molecule has 1 aromatic carbocycles. The molecule has 0 saturated carbocycles. The Morgan fingerprint density at radius 3 is 2.79 bits per heavy atom. The molecule has 0 unspecified atom stereocenters. The third-order valence-corrected chi connectivity index (χ3v) is 3.23. The van der Waals surface area contributed by atoms with Gasteiger partial charge >= 0.3 is 5.97 Å². The van der Waals surface area contributed by atoms with Gasteiger partial charge in [-0.1, -0.05) is 6.07 Å². The van der Waals surface area contributed by atoms with Crippen LogP contribution in [0.15, 0.2) is 17.5 Å². The predicted octanol–water partition coefficient (Wildman–Crippen LogP) is 2.61. The first-order valence-corrected chi connectivity index (χ1v) is 4.92. The number of carboxylic acids is 1. The maximum atomic E-state index is 10.9. The zero-order chi connectivity index (χ0) is 10.3. The molecular formula is C10H8O3S. The van der Waals surface area contributed by atoms with E-state index in [-0.39, 0.29) is 11.3 Å². The zero-order valence-corrected chi connectivity index (χ0v) is 8.26. The predicted molar refractivity (Wildman–Crippen MR) is 55.2 cm³/mol. The van der Waals surface area contributed by atoms with Gasteiger partial charge in [-0.25, -0.2) is 4.79 Å².